The molecule has 0 spiro atoms. The molecule has 18 heavy (non-hydrogen) atoms. The van der Waals surface area contributed by atoms with Gasteiger partial charge in [0.25, 0.3) is 0 Å². The quantitative estimate of drug-likeness (QED) is 0.827. The largest absolute Gasteiger partial charge is 0.377 e. The van der Waals surface area contributed by atoms with E-state index >= 15 is 0 Å². The highest BCUT2D eigenvalue weighted by atomic mass is 32.2. The summed E-state index contributed by atoms with van der Waals surface area (Å²) in [6, 6.07) is 0.636. The molecular weight excluding hydrogens is 244 g/mol. The maximum Gasteiger partial charge on any atom is 0.0700 e. The minimum Gasteiger partial charge on any atom is -0.377 e. The minimum atomic E-state index is 0.465. The van der Waals surface area contributed by atoms with E-state index in [0.717, 1.165) is 30.2 Å². The van der Waals surface area contributed by atoms with E-state index in [1.54, 1.807) is 0 Å². The first-order chi connectivity index (χ1) is 8.65. The Labute approximate surface area is 116 Å². The van der Waals surface area contributed by atoms with Crippen molar-refractivity contribution in [1.29, 1.82) is 0 Å². The zero-order chi connectivity index (χ0) is 13.0. The third kappa shape index (κ3) is 4.41. The molecule has 0 aromatic carbocycles. The lowest BCUT2D eigenvalue weighted by Gasteiger charge is -2.38. The predicted molar refractivity (Wildman–Crippen MR) is 79.4 cm³/mol. The fourth-order valence-corrected chi connectivity index (χ4v) is 4.31. The molecule has 0 saturated carbocycles. The van der Waals surface area contributed by atoms with Crippen LogP contribution in [0.5, 0.6) is 0 Å². The predicted octanol–water partition coefficient (Wildman–Crippen LogP) is 1.97. The lowest BCUT2D eigenvalue weighted by atomic mass is 10.2. The van der Waals surface area contributed by atoms with Gasteiger partial charge in [0.2, 0.25) is 0 Å². The minimum absolute atomic E-state index is 0.465. The molecule has 4 unspecified atom stereocenters. The van der Waals surface area contributed by atoms with E-state index in [2.05, 4.69) is 42.7 Å². The van der Waals surface area contributed by atoms with Crippen LogP contribution in [0.25, 0.3) is 0 Å². The lowest BCUT2D eigenvalue weighted by Crippen LogP contribution is -2.49. The van der Waals surface area contributed by atoms with Crippen LogP contribution >= 0.6 is 11.8 Å². The fourth-order valence-electron chi connectivity index (χ4n) is 2.97. The first kappa shape index (κ1) is 14.6. The molecule has 106 valence electrons. The number of ether oxygens (including phenoxy) is 1. The van der Waals surface area contributed by atoms with Crippen LogP contribution in [0.3, 0.4) is 0 Å². The van der Waals surface area contributed by atoms with Crippen LogP contribution in [0.4, 0.5) is 0 Å². The number of hydrogen-bond acceptors (Lipinski definition) is 4. The molecule has 2 saturated heterocycles. The third-order valence-electron chi connectivity index (χ3n) is 3.91. The van der Waals surface area contributed by atoms with Crippen molar-refractivity contribution in [2.45, 2.75) is 56.3 Å². The standard InChI is InChI=1S/C14H28N2OS/c1-11(7-15-8-14-5-4-6-17-14)16-9-12(2)18-13(3)10-16/h11-15H,4-10H2,1-3H3. The number of nitrogens with one attached hydrogen (secondary N) is 1. The Hall–Kier alpha value is 0.230. The van der Waals surface area contributed by atoms with Crippen LogP contribution in [0.15, 0.2) is 0 Å². The van der Waals surface area contributed by atoms with Crippen molar-refractivity contribution >= 4 is 11.8 Å². The molecule has 2 fully saturated rings. The second-order valence-electron chi connectivity index (χ2n) is 5.85. The van der Waals surface area contributed by atoms with Gasteiger partial charge in [0.1, 0.15) is 0 Å². The third-order valence-corrected chi connectivity index (χ3v) is 5.13. The molecule has 4 heteroatoms. The molecule has 0 amide bonds. The van der Waals surface area contributed by atoms with Crippen LogP contribution in [0, 0.1) is 0 Å². The average Bonchev–Trinajstić information content (AvgIpc) is 2.80. The molecule has 4 atom stereocenters. The highest BCUT2D eigenvalue weighted by molar-refractivity contribution is 8.00. The van der Waals surface area contributed by atoms with E-state index in [1.807, 2.05) is 0 Å². The van der Waals surface area contributed by atoms with E-state index in [1.165, 1.54) is 25.9 Å². The van der Waals surface area contributed by atoms with Gasteiger partial charge in [-0.25, -0.2) is 0 Å². The van der Waals surface area contributed by atoms with Gasteiger partial charge in [0.15, 0.2) is 0 Å². The Morgan fingerprint density at radius 3 is 2.67 bits per heavy atom. The molecule has 0 bridgehead atoms. The SMILES string of the molecule is CC1CN(C(C)CNCC2CCCO2)CC(C)S1. The number of thioether (sulfide) groups is 1. The van der Waals surface area contributed by atoms with E-state index in [-0.39, 0.29) is 0 Å². The zero-order valence-electron chi connectivity index (χ0n) is 12.0. The van der Waals surface area contributed by atoms with Gasteiger partial charge < -0.3 is 10.1 Å². The van der Waals surface area contributed by atoms with Gasteiger partial charge in [-0.05, 0) is 19.8 Å². The van der Waals surface area contributed by atoms with Crippen molar-refractivity contribution in [1.82, 2.24) is 10.2 Å². The number of nitrogens with zero attached hydrogens (tertiary/aromatic N) is 1. The fraction of sp³-hybridized carbons (Fsp3) is 1.00. The van der Waals surface area contributed by atoms with Crippen LogP contribution < -0.4 is 5.32 Å². The highest BCUT2D eigenvalue weighted by Gasteiger charge is 2.25. The summed E-state index contributed by atoms with van der Waals surface area (Å²) in [5.74, 6) is 0. The van der Waals surface area contributed by atoms with Crippen LogP contribution in [0.1, 0.15) is 33.6 Å². The number of hydrogen-bond donors (Lipinski definition) is 1. The summed E-state index contributed by atoms with van der Waals surface area (Å²) in [4.78, 5) is 2.63. The molecule has 2 heterocycles. The lowest BCUT2D eigenvalue weighted by molar-refractivity contribution is 0.107. The summed E-state index contributed by atoms with van der Waals surface area (Å²) in [6.07, 6.45) is 2.93. The molecule has 0 aromatic rings. The van der Waals surface area contributed by atoms with Gasteiger partial charge in [0.05, 0.1) is 6.10 Å². The van der Waals surface area contributed by atoms with Crippen LogP contribution in [0.2, 0.25) is 0 Å². The van der Waals surface area contributed by atoms with Gasteiger partial charge in [-0.3, -0.25) is 4.90 Å². The highest BCUT2D eigenvalue weighted by Crippen LogP contribution is 2.25. The molecule has 0 aromatic heterocycles. The Balaban J connectivity index is 1.65. The van der Waals surface area contributed by atoms with Crippen molar-refractivity contribution in [3.8, 4) is 0 Å². The summed E-state index contributed by atoms with van der Waals surface area (Å²) in [5, 5.41) is 5.13. The maximum absolute atomic E-state index is 5.63. The number of rotatable bonds is 5. The topological polar surface area (TPSA) is 24.5 Å². The summed E-state index contributed by atoms with van der Waals surface area (Å²) in [5.41, 5.74) is 0. The van der Waals surface area contributed by atoms with E-state index in [9.17, 15) is 0 Å². The van der Waals surface area contributed by atoms with Crippen molar-refractivity contribution in [2.75, 3.05) is 32.8 Å². The first-order valence-electron chi connectivity index (χ1n) is 7.37. The summed E-state index contributed by atoms with van der Waals surface area (Å²) < 4.78 is 5.63. The van der Waals surface area contributed by atoms with Crippen molar-refractivity contribution in [3.05, 3.63) is 0 Å². The Bertz CT molecular complexity index is 236. The van der Waals surface area contributed by atoms with Gasteiger partial charge in [0, 0.05) is 49.3 Å². The molecule has 2 aliphatic heterocycles. The van der Waals surface area contributed by atoms with Crippen molar-refractivity contribution < 1.29 is 4.74 Å². The zero-order valence-corrected chi connectivity index (χ0v) is 12.8. The molecule has 2 rings (SSSR count). The summed E-state index contributed by atoms with van der Waals surface area (Å²) in [7, 11) is 0. The molecular formula is C14H28N2OS. The second kappa shape index (κ2) is 7.13. The maximum atomic E-state index is 5.63. The monoisotopic (exact) mass is 272 g/mol. The van der Waals surface area contributed by atoms with Gasteiger partial charge >= 0.3 is 0 Å². The smallest absolute Gasteiger partial charge is 0.0700 e. The van der Waals surface area contributed by atoms with Gasteiger partial charge in [-0.15, -0.1) is 0 Å². The van der Waals surface area contributed by atoms with Crippen molar-refractivity contribution in [2.24, 2.45) is 0 Å². The van der Waals surface area contributed by atoms with E-state index in [4.69, 9.17) is 4.74 Å². The average molecular weight is 272 g/mol. The molecule has 2 aliphatic rings. The van der Waals surface area contributed by atoms with E-state index < -0.39 is 0 Å². The van der Waals surface area contributed by atoms with Crippen LogP contribution in [-0.4, -0.2) is 60.3 Å². The Morgan fingerprint density at radius 1 is 1.33 bits per heavy atom. The van der Waals surface area contributed by atoms with E-state index in [0.29, 0.717) is 12.1 Å². The summed E-state index contributed by atoms with van der Waals surface area (Å²) >= 11 is 2.12. The van der Waals surface area contributed by atoms with Crippen molar-refractivity contribution in [3.63, 3.8) is 0 Å². The molecule has 0 radical (unpaired) electrons. The molecule has 0 aliphatic carbocycles. The normalized spacial score (nSPS) is 35.8. The Kier molecular flexibility index (Phi) is 5.80. The first-order valence-corrected chi connectivity index (χ1v) is 8.31. The Morgan fingerprint density at radius 2 is 2.06 bits per heavy atom. The second-order valence-corrected chi connectivity index (χ2v) is 7.74. The molecule has 1 N–H and O–H groups in total. The van der Waals surface area contributed by atoms with Crippen LogP contribution in [-0.2, 0) is 4.74 Å². The molecule has 3 nitrogen and oxygen atoms in total. The summed E-state index contributed by atoms with van der Waals surface area (Å²) in [6.45, 7) is 12.6. The van der Waals surface area contributed by atoms with Gasteiger partial charge in [-0.1, -0.05) is 13.8 Å². The van der Waals surface area contributed by atoms with Gasteiger partial charge in [-0.2, -0.15) is 11.8 Å².